The van der Waals surface area contributed by atoms with Crippen LogP contribution >= 0.6 is 23.1 Å². The molecule has 7 heteroatoms. The Bertz CT molecular complexity index is 819. The van der Waals surface area contributed by atoms with Crippen LogP contribution in [0.4, 0.5) is 0 Å². The molecule has 0 radical (unpaired) electrons. The zero-order valence-electron chi connectivity index (χ0n) is 11.8. The van der Waals surface area contributed by atoms with Crippen molar-refractivity contribution < 1.29 is 4.42 Å². The third-order valence-corrected chi connectivity index (χ3v) is 4.58. The molecule has 0 atom stereocenters. The Morgan fingerprint density at radius 2 is 2.27 bits per heavy atom. The van der Waals surface area contributed by atoms with Gasteiger partial charge in [0.2, 0.25) is 5.89 Å². The molecule has 0 spiro atoms. The van der Waals surface area contributed by atoms with E-state index in [-0.39, 0.29) is 0 Å². The molecule has 5 nitrogen and oxygen atoms in total. The first-order valence-corrected chi connectivity index (χ1v) is 8.44. The van der Waals surface area contributed by atoms with Gasteiger partial charge in [0, 0.05) is 11.1 Å². The van der Waals surface area contributed by atoms with Gasteiger partial charge in [-0.3, -0.25) is 0 Å². The quantitative estimate of drug-likeness (QED) is 0.666. The van der Waals surface area contributed by atoms with Crippen molar-refractivity contribution in [2.24, 2.45) is 0 Å². The predicted octanol–water partition coefficient (Wildman–Crippen LogP) is 3.59. The minimum atomic E-state index is 0.532. The van der Waals surface area contributed by atoms with Crippen molar-refractivity contribution in [2.45, 2.75) is 24.3 Å². The van der Waals surface area contributed by atoms with Gasteiger partial charge >= 0.3 is 0 Å². The number of hydrogen-bond acceptors (Lipinski definition) is 7. The Hall–Kier alpha value is -2.17. The van der Waals surface area contributed by atoms with E-state index in [2.05, 4.69) is 21.3 Å². The number of aryl methyl sites for hydroxylation is 1. The van der Waals surface area contributed by atoms with E-state index in [1.54, 1.807) is 17.4 Å². The minimum Gasteiger partial charge on any atom is -0.416 e. The second kappa shape index (κ2) is 6.73. The molecule has 0 fully saturated rings. The molecule has 0 N–H and O–H groups in total. The van der Waals surface area contributed by atoms with E-state index in [1.807, 2.05) is 30.5 Å². The molecule has 0 unspecified atom stereocenters. The van der Waals surface area contributed by atoms with Crippen molar-refractivity contribution in [3.05, 3.63) is 57.4 Å². The van der Waals surface area contributed by atoms with Crippen molar-refractivity contribution >= 4 is 23.1 Å². The Balaban J connectivity index is 1.61. The molecule has 0 saturated heterocycles. The molecular formula is C15H12N4OS2. The number of benzene rings is 1. The van der Waals surface area contributed by atoms with Crippen LogP contribution in [-0.4, -0.2) is 15.2 Å². The molecule has 110 valence electrons. The Morgan fingerprint density at radius 1 is 1.36 bits per heavy atom. The maximum absolute atomic E-state index is 8.89. The van der Waals surface area contributed by atoms with Gasteiger partial charge < -0.3 is 4.42 Å². The summed E-state index contributed by atoms with van der Waals surface area (Å²) < 4.78 is 5.62. The molecule has 0 aliphatic rings. The Morgan fingerprint density at radius 3 is 3.05 bits per heavy atom. The third-order valence-electron chi connectivity index (χ3n) is 2.87. The summed E-state index contributed by atoms with van der Waals surface area (Å²) in [4.78, 5) is 4.38. The van der Waals surface area contributed by atoms with Gasteiger partial charge in [-0.05, 0) is 24.6 Å². The molecule has 3 rings (SSSR count). The summed E-state index contributed by atoms with van der Waals surface area (Å²) in [6, 6.07) is 9.63. The van der Waals surface area contributed by atoms with E-state index in [0.29, 0.717) is 28.9 Å². The second-order valence-electron chi connectivity index (χ2n) is 4.60. The Kier molecular flexibility index (Phi) is 4.51. The minimum absolute atomic E-state index is 0.532. The summed E-state index contributed by atoms with van der Waals surface area (Å²) in [5.41, 5.74) is 2.66. The number of thioether (sulfide) groups is 1. The summed E-state index contributed by atoms with van der Waals surface area (Å²) in [5.74, 6) is 1.26. The largest absolute Gasteiger partial charge is 0.416 e. The number of thiazole rings is 1. The first kappa shape index (κ1) is 14.8. The molecule has 0 amide bonds. The monoisotopic (exact) mass is 328 g/mol. The number of aromatic nitrogens is 3. The summed E-state index contributed by atoms with van der Waals surface area (Å²) in [5, 5.41) is 20.5. The molecular weight excluding hydrogens is 316 g/mol. The molecule has 0 bridgehead atoms. The lowest BCUT2D eigenvalue weighted by molar-refractivity contribution is 0.419. The van der Waals surface area contributed by atoms with Crippen LogP contribution in [0.5, 0.6) is 0 Å². The topological polar surface area (TPSA) is 75.6 Å². The highest BCUT2D eigenvalue weighted by atomic mass is 32.2. The summed E-state index contributed by atoms with van der Waals surface area (Å²) in [7, 11) is 0. The smallest absolute Gasteiger partial charge is 0.276 e. The van der Waals surface area contributed by atoms with Crippen molar-refractivity contribution in [3.8, 4) is 6.07 Å². The molecule has 0 saturated carbocycles. The van der Waals surface area contributed by atoms with Crippen LogP contribution in [-0.2, 0) is 12.2 Å². The highest BCUT2D eigenvalue weighted by Gasteiger charge is 2.09. The van der Waals surface area contributed by atoms with Gasteiger partial charge in [0.1, 0.15) is 0 Å². The lowest BCUT2D eigenvalue weighted by Crippen LogP contribution is -1.88. The van der Waals surface area contributed by atoms with Gasteiger partial charge in [-0.25, -0.2) is 4.98 Å². The standard InChI is InChI=1S/C15H12N4OS2/c1-10-17-13(9-21-10)6-14-18-19-15(20-14)22-8-12-4-2-3-11(5-12)7-16/h2-5,9H,6,8H2,1H3. The molecule has 3 aromatic rings. The van der Waals surface area contributed by atoms with Crippen LogP contribution in [0.25, 0.3) is 0 Å². The zero-order valence-corrected chi connectivity index (χ0v) is 13.4. The van der Waals surface area contributed by atoms with Crippen molar-refractivity contribution in [1.82, 2.24) is 15.2 Å². The van der Waals surface area contributed by atoms with E-state index < -0.39 is 0 Å². The number of nitriles is 1. The summed E-state index contributed by atoms with van der Waals surface area (Å²) in [6.45, 7) is 1.97. The number of nitrogens with zero attached hydrogens (tertiary/aromatic N) is 4. The van der Waals surface area contributed by atoms with Crippen LogP contribution in [0.1, 0.15) is 27.7 Å². The van der Waals surface area contributed by atoms with Gasteiger partial charge in [0.05, 0.1) is 28.8 Å². The Labute approximate surface area is 136 Å². The van der Waals surface area contributed by atoms with Crippen LogP contribution in [0.15, 0.2) is 39.3 Å². The van der Waals surface area contributed by atoms with E-state index in [9.17, 15) is 0 Å². The SMILES string of the molecule is Cc1nc(Cc2nnc(SCc3cccc(C#N)c3)o2)cs1. The fourth-order valence-corrected chi connectivity index (χ4v) is 3.22. The molecule has 0 aliphatic carbocycles. The summed E-state index contributed by atoms with van der Waals surface area (Å²) in [6.07, 6.45) is 0.557. The average molecular weight is 328 g/mol. The normalized spacial score (nSPS) is 10.5. The van der Waals surface area contributed by atoms with Crippen LogP contribution < -0.4 is 0 Å². The first-order valence-electron chi connectivity index (χ1n) is 6.58. The molecule has 1 aromatic carbocycles. The van der Waals surface area contributed by atoms with E-state index in [0.717, 1.165) is 16.3 Å². The zero-order chi connectivity index (χ0) is 15.4. The first-order chi connectivity index (χ1) is 10.7. The predicted molar refractivity (Wildman–Crippen MR) is 84.7 cm³/mol. The lowest BCUT2D eigenvalue weighted by atomic mass is 10.2. The highest BCUT2D eigenvalue weighted by molar-refractivity contribution is 7.98. The molecule has 0 aliphatic heterocycles. The van der Waals surface area contributed by atoms with E-state index >= 15 is 0 Å². The van der Waals surface area contributed by atoms with Crippen LogP contribution in [0.2, 0.25) is 0 Å². The second-order valence-corrected chi connectivity index (χ2v) is 6.59. The highest BCUT2D eigenvalue weighted by Crippen LogP contribution is 2.23. The fourth-order valence-electron chi connectivity index (χ4n) is 1.89. The maximum Gasteiger partial charge on any atom is 0.276 e. The van der Waals surface area contributed by atoms with Crippen molar-refractivity contribution in [1.29, 1.82) is 5.26 Å². The average Bonchev–Trinajstić information content (AvgIpc) is 3.15. The van der Waals surface area contributed by atoms with Gasteiger partial charge in [-0.2, -0.15) is 5.26 Å². The molecule has 22 heavy (non-hydrogen) atoms. The van der Waals surface area contributed by atoms with Crippen LogP contribution in [0, 0.1) is 18.3 Å². The van der Waals surface area contributed by atoms with E-state index in [1.165, 1.54) is 11.8 Å². The van der Waals surface area contributed by atoms with Gasteiger partial charge in [0.15, 0.2) is 0 Å². The van der Waals surface area contributed by atoms with Gasteiger partial charge in [0.25, 0.3) is 5.22 Å². The van der Waals surface area contributed by atoms with Gasteiger partial charge in [-0.1, -0.05) is 23.9 Å². The molecule has 2 heterocycles. The number of hydrogen-bond donors (Lipinski definition) is 0. The van der Waals surface area contributed by atoms with E-state index in [4.69, 9.17) is 9.68 Å². The maximum atomic E-state index is 8.89. The number of rotatable bonds is 5. The van der Waals surface area contributed by atoms with Crippen molar-refractivity contribution in [2.75, 3.05) is 0 Å². The fraction of sp³-hybridized carbons (Fsp3) is 0.200. The van der Waals surface area contributed by atoms with Crippen LogP contribution in [0.3, 0.4) is 0 Å². The van der Waals surface area contributed by atoms with Gasteiger partial charge in [-0.15, -0.1) is 21.5 Å². The molecule has 2 aromatic heterocycles. The third kappa shape index (κ3) is 3.72. The summed E-state index contributed by atoms with van der Waals surface area (Å²) >= 11 is 3.07. The van der Waals surface area contributed by atoms with Crippen molar-refractivity contribution in [3.63, 3.8) is 0 Å². The lowest BCUT2D eigenvalue weighted by Gasteiger charge is -1.98.